The van der Waals surface area contributed by atoms with Crippen molar-refractivity contribution < 1.29 is 9.53 Å². The second kappa shape index (κ2) is 8.01. The minimum Gasteiger partial charge on any atom is -0.464 e. The average molecular weight is 475 g/mol. The highest BCUT2D eigenvalue weighted by atomic mass is 79.9. The van der Waals surface area contributed by atoms with Crippen molar-refractivity contribution in [1.82, 2.24) is 9.78 Å². The number of esters is 1. The van der Waals surface area contributed by atoms with Crippen LogP contribution < -0.4 is 0 Å². The predicted molar refractivity (Wildman–Crippen MR) is 108 cm³/mol. The number of aromatic nitrogens is 2. The molecule has 0 atom stereocenters. The number of ether oxygens (including phenoxy) is 1. The quantitative estimate of drug-likeness (QED) is 0.335. The topological polar surface area (TPSA) is 44.1 Å². The number of nitrogens with zero attached hydrogens (tertiary/aromatic N) is 2. The minimum absolute atomic E-state index is 0.209. The molecule has 0 bridgehead atoms. The Labute approximate surface area is 173 Å². The number of methoxy groups -OCH3 is 1. The van der Waals surface area contributed by atoms with Crippen molar-refractivity contribution in [3.63, 3.8) is 0 Å². The zero-order valence-corrected chi connectivity index (χ0v) is 17.3. The Kier molecular flexibility index (Phi) is 5.92. The third-order valence-electron chi connectivity index (χ3n) is 3.75. The van der Waals surface area contributed by atoms with Gasteiger partial charge < -0.3 is 4.74 Å². The largest absolute Gasteiger partial charge is 0.464 e. The molecule has 0 saturated heterocycles. The zero-order valence-electron chi connectivity index (χ0n) is 13.5. The van der Waals surface area contributed by atoms with Crippen molar-refractivity contribution >= 4 is 56.7 Å². The van der Waals surface area contributed by atoms with Gasteiger partial charge in [-0.05, 0) is 30.3 Å². The SMILES string of the molecule is COC(=O)c1nn(-c2ccc(Cl)cc2Cl)c(-c2ccc(Cl)cc2)c1CBr. The second-order valence-electron chi connectivity index (χ2n) is 5.32. The van der Waals surface area contributed by atoms with E-state index in [0.29, 0.717) is 37.3 Å². The lowest BCUT2D eigenvalue weighted by molar-refractivity contribution is 0.0592. The summed E-state index contributed by atoms with van der Waals surface area (Å²) < 4.78 is 6.49. The van der Waals surface area contributed by atoms with Crippen molar-refractivity contribution in [3.8, 4) is 16.9 Å². The van der Waals surface area contributed by atoms with Crippen LogP contribution in [0.1, 0.15) is 16.1 Å². The van der Waals surface area contributed by atoms with E-state index in [2.05, 4.69) is 21.0 Å². The molecular weight excluding hydrogens is 462 g/mol. The number of hydrogen-bond acceptors (Lipinski definition) is 3. The van der Waals surface area contributed by atoms with E-state index in [0.717, 1.165) is 5.56 Å². The van der Waals surface area contributed by atoms with Crippen LogP contribution >= 0.6 is 50.7 Å². The highest BCUT2D eigenvalue weighted by Gasteiger charge is 2.25. The lowest BCUT2D eigenvalue weighted by Crippen LogP contribution is -2.06. The van der Waals surface area contributed by atoms with E-state index in [-0.39, 0.29) is 5.69 Å². The molecule has 0 fully saturated rings. The molecule has 8 heteroatoms. The third-order valence-corrected chi connectivity index (χ3v) is 5.10. The number of alkyl halides is 1. The van der Waals surface area contributed by atoms with E-state index in [9.17, 15) is 4.79 Å². The Morgan fingerprint density at radius 3 is 2.35 bits per heavy atom. The first-order valence-electron chi connectivity index (χ1n) is 7.43. The highest BCUT2D eigenvalue weighted by molar-refractivity contribution is 9.08. The molecule has 4 nitrogen and oxygen atoms in total. The monoisotopic (exact) mass is 472 g/mol. The smallest absolute Gasteiger partial charge is 0.358 e. The second-order valence-corrected chi connectivity index (χ2v) is 7.16. The maximum atomic E-state index is 12.2. The molecule has 0 unspecified atom stereocenters. The van der Waals surface area contributed by atoms with Gasteiger partial charge in [0.05, 0.1) is 23.5 Å². The van der Waals surface area contributed by atoms with E-state index < -0.39 is 5.97 Å². The van der Waals surface area contributed by atoms with Crippen LogP contribution in [0.15, 0.2) is 42.5 Å². The molecule has 1 aromatic heterocycles. The summed E-state index contributed by atoms with van der Waals surface area (Å²) in [5.41, 5.74) is 3.03. The summed E-state index contributed by atoms with van der Waals surface area (Å²) in [5.74, 6) is -0.529. The molecular formula is C18H12BrCl3N2O2. The Hall–Kier alpha value is -1.53. The van der Waals surface area contributed by atoms with Gasteiger partial charge in [-0.15, -0.1) is 0 Å². The Morgan fingerprint density at radius 2 is 1.77 bits per heavy atom. The number of benzene rings is 2. The average Bonchev–Trinajstić information content (AvgIpc) is 3.01. The number of carbonyl (C=O) groups excluding carboxylic acids is 1. The molecule has 0 saturated carbocycles. The fourth-order valence-electron chi connectivity index (χ4n) is 2.57. The highest BCUT2D eigenvalue weighted by Crippen LogP contribution is 2.34. The Morgan fingerprint density at radius 1 is 1.12 bits per heavy atom. The fraction of sp³-hybridized carbons (Fsp3) is 0.111. The minimum atomic E-state index is -0.529. The lowest BCUT2D eigenvalue weighted by atomic mass is 10.1. The third kappa shape index (κ3) is 3.62. The van der Waals surface area contributed by atoms with E-state index in [4.69, 9.17) is 39.5 Å². The first kappa shape index (κ1) is 19.2. The maximum absolute atomic E-state index is 12.2. The van der Waals surface area contributed by atoms with Crippen molar-refractivity contribution in [1.29, 1.82) is 0 Å². The lowest BCUT2D eigenvalue weighted by Gasteiger charge is -2.11. The van der Waals surface area contributed by atoms with E-state index in [1.807, 2.05) is 12.1 Å². The first-order valence-corrected chi connectivity index (χ1v) is 9.69. The molecule has 2 aromatic carbocycles. The normalized spacial score (nSPS) is 10.8. The summed E-state index contributed by atoms with van der Waals surface area (Å²) in [6.45, 7) is 0. The van der Waals surface area contributed by atoms with E-state index >= 15 is 0 Å². The van der Waals surface area contributed by atoms with E-state index in [1.54, 1.807) is 35.0 Å². The van der Waals surface area contributed by atoms with Gasteiger partial charge in [-0.2, -0.15) is 5.10 Å². The van der Waals surface area contributed by atoms with Crippen molar-refractivity contribution in [2.75, 3.05) is 7.11 Å². The van der Waals surface area contributed by atoms with Crippen LogP contribution in [-0.4, -0.2) is 22.9 Å². The number of halogens is 4. The Balaban J connectivity index is 2.33. The zero-order chi connectivity index (χ0) is 18.8. The molecule has 0 radical (unpaired) electrons. The summed E-state index contributed by atoms with van der Waals surface area (Å²) in [6.07, 6.45) is 0. The first-order chi connectivity index (χ1) is 12.5. The van der Waals surface area contributed by atoms with Crippen LogP contribution in [0.2, 0.25) is 15.1 Å². The molecule has 0 aliphatic heterocycles. The van der Waals surface area contributed by atoms with Gasteiger partial charge in [-0.25, -0.2) is 9.48 Å². The number of rotatable bonds is 4. The summed E-state index contributed by atoms with van der Waals surface area (Å²) in [4.78, 5) is 12.2. The fourth-order valence-corrected chi connectivity index (χ4v) is 3.71. The van der Waals surface area contributed by atoms with Crippen molar-refractivity contribution in [2.45, 2.75) is 5.33 Å². The molecule has 0 amide bonds. The summed E-state index contributed by atoms with van der Waals surface area (Å²) in [7, 11) is 1.32. The summed E-state index contributed by atoms with van der Waals surface area (Å²) in [5, 5.41) is 6.39. The molecule has 0 spiro atoms. The molecule has 134 valence electrons. The standard InChI is InChI=1S/C18H12BrCl3N2O2/c1-26-18(25)16-13(9-19)17(10-2-4-11(20)5-3-10)24(23-16)15-7-6-12(21)8-14(15)22/h2-8H,9H2,1H3. The van der Waals surface area contributed by atoms with Crippen LogP contribution in [0.3, 0.4) is 0 Å². The molecule has 0 aliphatic carbocycles. The van der Waals surface area contributed by atoms with Gasteiger partial charge in [-0.3, -0.25) is 0 Å². The van der Waals surface area contributed by atoms with Crippen LogP contribution in [0, 0.1) is 0 Å². The Bertz CT molecular complexity index is 971. The summed E-state index contributed by atoms with van der Waals surface area (Å²) in [6, 6.07) is 12.3. The molecule has 3 rings (SSSR count). The maximum Gasteiger partial charge on any atom is 0.358 e. The predicted octanol–water partition coefficient (Wildman–Crippen LogP) is 6.18. The van der Waals surface area contributed by atoms with Gasteiger partial charge in [0, 0.05) is 26.5 Å². The van der Waals surface area contributed by atoms with Crippen molar-refractivity contribution in [3.05, 3.63) is 68.8 Å². The van der Waals surface area contributed by atoms with Crippen LogP contribution in [0.25, 0.3) is 16.9 Å². The summed E-state index contributed by atoms with van der Waals surface area (Å²) >= 11 is 21.8. The molecule has 1 heterocycles. The van der Waals surface area contributed by atoms with Crippen LogP contribution in [0.4, 0.5) is 0 Å². The molecule has 0 aliphatic rings. The number of hydrogen-bond donors (Lipinski definition) is 0. The molecule has 3 aromatic rings. The van der Waals surface area contributed by atoms with Gasteiger partial charge in [0.2, 0.25) is 0 Å². The van der Waals surface area contributed by atoms with Gasteiger partial charge >= 0.3 is 5.97 Å². The van der Waals surface area contributed by atoms with Gasteiger partial charge in [0.1, 0.15) is 0 Å². The van der Waals surface area contributed by atoms with Crippen LogP contribution in [0.5, 0.6) is 0 Å². The van der Waals surface area contributed by atoms with Gasteiger partial charge in [0.15, 0.2) is 5.69 Å². The van der Waals surface area contributed by atoms with E-state index in [1.165, 1.54) is 7.11 Å². The number of carbonyl (C=O) groups is 1. The van der Waals surface area contributed by atoms with Gasteiger partial charge in [-0.1, -0.05) is 62.9 Å². The van der Waals surface area contributed by atoms with Crippen LogP contribution in [-0.2, 0) is 10.1 Å². The molecule has 0 N–H and O–H groups in total. The molecule has 26 heavy (non-hydrogen) atoms. The van der Waals surface area contributed by atoms with Gasteiger partial charge in [0.25, 0.3) is 0 Å². The van der Waals surface area contributed by atoms with Crippen molar-refractivity contribution in [2.24, 2.45) is 0 Å².